The first-order valence-electron chi connectivity index (χ1n) is 5.11. The Balaban J connectivity index is 2.08. The molecular weight excluding hydrogens is 260 g/mol. The summed E-state index contributed by atoms with van der Waals surface area (Å²) in [5.74, 6) is 0.320. The predicted octanol–water partition coefficient (Wildman–Crippen LogP) is -1.62. The van der Waals surface area contributed by atoms with Crippen LogP contribution in [0.25, 0.3) is 5.65 Å². The molecule has 18 heavy (non-hydrogen) atoms. The largest absolute Gasteiger partial charge is 0.368 e. The van der Waals surface area contributed by atoms with Crippen LogP contribution in [0.2, 0.25) is 0 Å². The highest BCUT2D eigenvalue weighted by Gasteiger charge is 2.07. The zero-order valence-electron chi connectivity index (χ0n) is 9.54. The molecule has 0 aromatic carbocycles. The number of H-pyrrole nitrogens is 1. The van der Waals surface area contributed by atoms with Crippen molar-refractivity contribution in [3.8, 4) is 0 Å². The van der Waals surface area contributed by atoms with Crippen molar-refractivity contribution in [3.63, 3.8) is 0 Å². The van der Waals surface area contributed by atoms with Gasteiger partial charge in [-0.2, -0.15) is 9.61 Å². The molecule has 3 N–H and O–H groups in total. The Morgan fingerprint density at radius 2 is 2.22 bits per heavy atom. The van der Waals surface area contributed by atoms with Crippen LogP contribution in [-0.4, -0.2) is 47.6 Å². The van der Waals surface area contributed by atoms with Crippen LogP contribution in [0, 0.1) is 0 Å². The molecule has 2 aromatic rings. The third-order valence-electron chi connectivity index (χ3n) is 2.26. The SMILES string of the molecule is CNS(=O)(=O)CCNc1ccc2n[nH]c(=O)n2n1. The summed E-state index contributed by atoms with van der Waals surface area (Å²) in [6, 6.07) is 3.21. The second kappa shape index (κ2) is 4.74. The Labute approximate surface area is 102 Å². The number of aromatic amines is 1. The second-order valence-corrected chi connectivity index (χ2v) is 5.51. The number of nitrogens with zero attached hydrogens (tertiary/aromatic N) is 3. The molecule has 0 atom stereocenters. The number of hydrogen-bond donors (Lipinski definition) is 3. The van der Waals surface area contributed by atoms with E-state index in [-0.39, 0.29) is 12.3 Å². The molecule has 2 rings (SSSR count). The predicted molar refractivity (Wildman–Crippen MR) is 64.9 cm³/mol. The lowest BCUT2D eigenvalue weighted by Gasteiger charge is -2.05. The zero-order chi connectivity index (χ0) is 13.2. The van der Waals surface area contributed by atoms with Crippen LogP contribution in [0.1, 0.15) is 0 Å². The van der Waals surface area contributed by atoms with E-state index in [1.165, 1.54) is 7.05 Å². The smallest absolute Gasteiger partial charge is 0.364 e. The molecule has 0 saturated carbocycles. The summed E-state index contributed by atoms with van der Waals surface area (Å²) >= 11 is 0. The van der Waals surface area contributed by atoms with Crippen molar-refractivity contribution < 1.29 is 8.42 Å². The van der Waals surface area contributed by atoms with Crippen molar-refractivity contribution in [3.05, 3.63) is 22.6 Å². The van der Waals surface area contributed by atoms with E-state index in [0.29, 0.717) is 11.5 Å². The molecule has 0 unspecified atom stereocenters. The Bertz CT molecular complexity index is 703. The summed E-state index contributed by atoms with van der Waals surface area (Å²) in [7, 11) is -1.90. The Morgan fingerprint density at radius 3 is 2.94 bits per heavy atom. The van der Waals surface area contributed by atoms with Crippen LogP contribution in [0.5, 0.6) is 0 Å². The quantitative estimate of drug-likeness (QED) is 0.601. The van der Waals surface area contributed by atoms with Crippen molar-refractivity contribution in [2.24, 2.45) is 0 Å². The molecule has 0 fully saturated rings. The van der Waals surface area contributed by atoms with Gasteiger partial charge in [-0.1, -0.05) is 0 Å². The van der Waals surface area contributed by atoms with Gasteiger partial charge < -0.3 is 5.32 Å². The number of rotatable bonds is 5. The normalized spacial score (nSPS) is 11.8. The van der Waals surface area contributed by atoms with Gasteiger partial charge in [0.05, 0.1) is 5.75 Å². The van der Waals surface area contributed by atoms with Crippen LogP contribution in [0.3, 0.4) is 0 Å². The molecule has 0 spiro atoms. The molecule has 0 aliphatic heterocycles. The summed E-state index contributed by atoms with van der Waals surface area (Å²) < 4.78 is 25.6. The number of hydrogen-bond acceptors (Lipinski definition) is 6. The van der Waals surface area contributed by atoms with Gasteiger partial charge in [0.25, 0.3) is 0 Å². The summed E-state index contributed by atoms with van der Waals surface area (Å²) in [5, 5.41) is 12.8. The fraction of sp³-hybridized carbons (Fsp3) is 0.375. The Kier molecular flexibility index (Phi) is 3.30. The van der Waals surface area contributed by atoms with Gasteiger partial charge in [0.1, 0.15) is 5.82 Å². The topological polar surface area (TPSA) is 121 Å². The summed E-state index contributed by atoms with van der Waals surface area (Å²) in [4.78, 5) is 11.3. The third-order valence-corrected chi connectivity index (χ3v) is 3.62. The second-order valence-electron chi connectivity index (χ2n) is 3.47. The van der Waals surface area contributed by atoms with Crippen molar-refractivity contribution in [1.29, 1.82) is 0 Å². The number of sulfonamides is 1. The molecule has 0 amide bonds. The summed E-state index contributed by atoms with van der Waals surface area (Å²) in [6.45, 7) is 0.189. The number of aromatic nitrogens is 4. The van der Waals surface area contributed by atoms with Gasteiger partial charge in [-0.3, -0.25) is 0 Å². The molecule has 98 valence electrons. The van der Waals surface area contributed by atoms with E-state index in [0.717, 1.165) is 4.52 Å². The molecule has 10 heteroatoms. The maximum atomic E-state index is 11.3. The molecule has 0 aliphatic carbocycles. The van der Waals surface area contributed by atoms with Crippen LogP contribution >= 0.6 is 0 Å². The van der Waals surface area contributed by atoms with Gasteiger partial charge in [-0.25, -0.2) is 23.0 Å². The average molecular weight is 272 g/mol. The van der Waals surface area contributed by atoms with Crippen LogP contribution in [0.4, 0.5) is 5.82 Å². The molecule has 0 aliphatic rings. The minimum Gasteiger partial charge on any atom is -0.368 e. The molecule has 0 bridgehead atoms. The lowest BCUT2D eigenvalue weighted by atomic mass is 10.5. The summed E-state index contributed by atoms with van der Waals surface area (Å²) in [6.07, 6.45) is 0. The zero-order valence-corrected chi connectivity index (χ0v) is 10.4. The van der Waals surface area contributed by atoms with Gasteiger partial charge in [-0.15, -0.1) is 5.10 Å². The van der Waals surface area contributed by atoms with Crippen LogP contribution in [-0.2, 0) is 10.0 Å². The van der Waals surface area contributed by atoms with Gasteiger partial charge >= 0.3 is 5.69 Å². The Hall–Kier alpha value is -1.94. The van der Waals surface area contributed by atoms with E-state index in [1.807, 2.05) is 0 Å². The van der Waals surface area contributed by atoms with Crippen molar-refractivity contribution in [1.82, 2.24) is 24.5 Å². The van der Waals surface area contributed by atoms with Crippen LogP contribution < -0.4 is 15.7 Å². The summed E-state index contributed by atoms with van der Waals surface area (Å²) in [5.41, 5.74) is -0.0510. The first kappa shape index (κ1) is 12.5. The first-order chi connectivity index (χ1) is 8.52. The van der Waals surface area contributed by atoms with E-state index in [9.17, 15) is 13.2 Å². The highest BCUT2D eigenvalue weighted by molar-refractivity contribution is 7.89. The molecule has 0 saturated heterocycles. The fourth-order valence-electron chi connectivity index (χ4n) is 1.31. The van der Waals surface area contributed by atoms with Gasteiger partial charge in [0.2, 0.25) is 10.0 Å². The highest BCUT2D eigenvalue weighted by atomic mass is 32.2. The Morgan fingerprint density at radius 1 is 1.44 bits per heavy atom. The average Bonchev–Trinajstić information content (AvgIpc) is 2.71. The molecule has 2 heterocycles. The molecule has 9 nitrogen and oxygen atoms in total. The maximum absolute atomic E-state index is 11.3. The minimum absolute atomic E-state index is 0.0799. The fourth-order valence-corrected chi connectivity index (χ4v) is 1.89. The van der Waals surface area contributed by atoms with Crippen molar-refractivity contribution in [2.75, 3.05) is 24.7 Å². The van der Waals surface area contributed by atoms with E-state index in [4.69, 9.17) is 0 Å². The number of anilines is 1. The lowest BCUT2D eigenvalue weighted by molar-refractivity contribution is 0.588. The van der Waals surface area contributed by atoms with Crippen molar-refractivity contribution >= 4 is 21.5 Å². The van der Waals surface area contributed by atoms with E-state index < -0.39 is 15.7 Å². The first-order valence-corrected chi connectivity index (χ1v) is 6.76. The van der Waals surface area contributed by atoms with E-state index >= 15 is 0 Å². The standard InChI is InChI=1S/C8H12N6O3S/c1-9-18(16,17)5-4-10-6-2-3-7-11-12-8(15)14(7)13-6/h2-3,9H,4-5H2,1H3,(H,10,13)(H,12,15). The maximum Gasteiger partial charge on any atom is 0.364 e. The van der Waals surface area contributed by atoms with E-state index in [1.54, 1.807) is 12.1 Å². The minimum atomic E-state index is -3.26. The van der Waals surface area contributed by atoms with Gasteiger partial charge in [-0.05, 0) is 19.2 Å². The highest BCUT2D eigenvalue weighted by Crippen LogP contribution is 2.02. The lowest BCUT2D eigenvalue weighted by Crippen LogP contribution is -2.26. The monoisotopic (exact) mass is 272 g/mol. The molecular formula is C8H12N6O3S. The molecule has 2 aromatic heterocycles. The van der Waals surface area contributed by atoms with E-state index in [2.05, 4.69) is 25.3 Å². The number of fused-ring (bicyclic) bond motifs is 1. The van der Waals surface area contributed by atoms with Gasteiger partial charge in [0, 0.05) is 6.54 Å². The van der Waals surface area contributed by atoms with Crippen LogP contribution in [0.15, 0.2) is 16.9 Å². The molecule has 0 radical (unpaired) electrons. The third kappa shape index (κ3) is 2.65. The van der Waals surface area contributed by atoms with Gasteiger partial charge in [0.15, 0.2) is 5.65 Å². The van der Waals surface area contributed by atoms with Crippen molar-refractivity contribution in [2.45, 2.75) is 0 Å². The number of nitrogens with one attached hydrogen (secondary N) is 3.